The van der Waals surface area contributed by atoms with E-state index in [0.29, 0.717) is 18.0 Å². The molecule has 1 aromatic carbocycles. The van der Waals surface area contributed by atoms with Crippen molar-refractivity contribution in [1.82, 2.24) is 4.98 Å². The van der Waals surface area contributed by atoms with Crippen LogP contribution in [0.5, 0.6) is 11.6 Å². The summed E-state index contributed by atoms with van der Waals surface area (Å²) >= 11 is 0. The molecule has 24 heavy (non-hydrogen) atoms. The zero-order valence-electron chi connectivity index (χ0n) is 14.2. The van der Waals surface area contributed by atoms with E-state index < -0.39 is 6.04 Å². The molecule has 0 fully saturated rings. The number of hydrogen-bond acceptors (Lipinski definition) is 4. The van der Waals surface area contributed by atoms with Crippen molar-refractivity contribution in [2.45, 2.75) is 39.7 Å². The Balaban J connectivity index is 0.00000288. The van der Waals surface area contributed by atoms with Gasteiger partial charge in [-0.05, 0) is 49.6 Å². The molecule has 2 rings (SSSR count). The predicted octanol–water partition coefficient (Wildman–Crippen LogP) is 3.98. The number of hydrogen-bond donors (Lipinski definition) is 2. The number of rotatable bonds is 6. The molecule has 130 valence electrons. The number of aromatic nitrogens is 1. The van der Waals surface area contributed by atoms with Crippen LogP contribution in [0.25, 0.3) is 0 Å². The van der Waals surface area contributed by atoms with Crippen LogP contribution in [0.15, 0.2) is 36.5 Å². The summed E-state index contributed by atoms with van der Waals surface area (Å²) in [5.74, 6) is 1.02. The number of pyridine rings is 1. The van der Waals surface area contributed by atoms with E-state index in [4.69, 9.17) is 10.5 Å². The van der Waals surface area contributed by atoms with E-state index in [0.717, 1.165) is 17.7 Å². The summed E-state index contributed by atoms with van der Waals surface area (Å²) in [7, 11) is 0. The summed E-state index contributed by atoms with van der Waals surface area (Å²) in [6.45, 7) is 6.08. The van der Waals surface area contributed by atoms with Crippen molar-refractivity contribution < 1.29 is 9.53 Å². The third-order valence-corrected chi connectivity index (χ3v) is 3.64. The summed E-state index contributed by atoms with van der Waals surface area (Å²) < 4.78 is 5.71. The molecule has 1 aromatic heterocycles. The van der Waals surface area contributed by atoms with Crippen LogP contribution >= 0.6 is 12.4 Å². The molecule has 0 aliphatic heterocycles. The lowest BCUT2D eigenvalue weighted by Crippen LogP contribution is -2.35. The average Bonchev–Trinajstić information content (AvgIpc) is 2.53. The zero-order chi connectivity index (χ0) is 16.8. The van der Waals surface area contributed by atoms with E-state index in [1.165, 1.54) is 5.56 Å². The van der Waals surface area contributed by atoms with Gasteiger partial charge in [0.1, 0.15) is 5.75 Å². The smallest absolute Gasteiger partial charge is 0.241 e. The quantitative estimate of drug-likeness (QED) is 0.826. The first-order valence-electron chi connectivity index (χ1n) is 7.77. The first-order chi connectivity index (χ1) is 11.0. The molecule has 0 spiro atoms. The molecule has 1 heterocycles. The highest BCUT2D eigenvalue weighted by Crippen LogP contribution is 2.23. The normalized spacial score (nSPS) is 11.3. The monoisotopic (exact) mass is 349 g/mol. The van der Waals surface area contributed by atoms with Gasteiger partial charge in [-0.1, -0.05) is 19.4 Å². The summed E-state index contributed by atoms with van der Waals surface area (Å²) in [4.78, 5) is 16.1. The van der Waals surface area contributed by atoms with Gasteiger partial charge >= 0.3 is 0 Å². The second-order valence-corrected chi connectivity index (χ2v) is 5.62. The highest BCUT2D eigenvalue weighted by molar-refractivity contribution is 5.94. The molecular formula is C18H24ClN3O2. The number of ether oxygens (including phenoxy) is 1. The Labute approximate surface area is 149 Å². The molecule has 5 nitrogen and oxygen atoms in total. The lowest BCUT2D eigenvalue weighted by Gasteiger charge is -2.11. The molecule has 0 bridgehead atoms. The number of anilines is 1. The Morgan fingerprint density at radius 2 is 2.00 bits per heavy atom. The van der Waals surface area contributed by atoms with Crippen molar-refractivity contribution in [2.75, 3.05) is 5.32 Å². The minimum absolute atomic E-state index is 0. The van der Waals surface area contributed by atoms with Gasteiger partial charge in [0.15, 0.2) is 0 Å². The lowest BCUT2D eigenvalue weighted by molar-refractivity contribution is -0.117. The number of carbonyl (C=O) groups excluding carboxylic acids is 1. The van der Waals surface area contributed by atoms with Crippen LogP contribution in [-0.4, -0.2) is 16.9 Å². The van der Waals surface area contributed by atoms with Gasteiger partial charge in [-0.15, -0.1) is 12.4 Å². The number of halogens is 1. The molecule has 0 radical (unpaired) electrons. The molecular weight excluding hydrogens is 326 g/mol. The van der Waals surface area contributed by atoms with Gasteiger partial charge in [0.25, 0.3) is 0 Å². The molecule has 1 atom stereocenters. The fraction of sp³-hybridized carbons (Fsp3) is 0.333. The molecule has 6 heteroatoms. The standard InChI is InChI=1S/C18H23N3O2.ClH/c1-4-5-16(19)18(22)21-14-7-9-17(20-11-14)23-15-8-6-12(2)13(3)10-15;/h6-11,16H,4-5,19H2,1-3H3,(H,21,22);1H. The molecule has 0 saturated carbocycles. The minimum atomic E-state index is -0.494. The number of benzene rings is 1. The number of nitrogens with two attached hydrogens (primary N) is 1. The van der Waals surface area contributed by atoms with Crippen molar-refractivity contribution >= 4 is 24.0 Å². The van der Waals surface area contributed by atoms with Gasteiger partial charge in [-0.2, -0.15) is 0 Å². The van der Waals surface area contributed by atoms with E-state index in [9.17, 15) is 4.79 Å². The molecule has 0 aliphatic carbocycles. The zero-order valence-corrected chi connectivity index (χ0v) is 15.0. The maximum atomic E-state index is 11.9. The van der Waals surface area contributed by atoms with Gasteiger partial charge in [0.2, 0.25) is 11.8 Å². The largest absolute Gasteiger partial charge is 0.439 e. The number of aryl methyl sites for hydroxylation is 2. The van der Waals surface area contributed by atoms with Crippen molar-refractivity contribution in [3.8, 4) is 11.6 Å². The van der Waals surface area contributed by atoms with Crippen LogP contribution in [0.2, 0.25) is 0 Å². The highest BCUT2D eigenvalue weighted by Gasteiger charge is 2.12. The second kappa shape index (κ2) is 9.25. The van der Waals surface area contributed by atoms with Crippen molar-refractivity contribution in [1.29, 1.82) is 0 Å². The Hall–Kier alpha value is -2.11. The van der Waals surface area contributed by atoms with E-state index in [-0.39, 0.29) is 18.3 Å². The highest BCUT2D eigenvalue weighted by atomic mass is 35.5. The molecule has 1 amide bonds. The Morgan fingerprint density at radius 1 is 1.25 bits per heavy atom. The van der Waals surface area contributed by atoms with E-state index in [1.807, 2.05) is 32.0 Å². The Kier molecular flexibility index (Phi) is 7.68. The third kappa shape index (κ3) is 5.51. The molecule has 0 aliphatic rings. The minimum Gasteiger partial charge on any atom is -0.439 e. The van der Waals surface area contributed by atoms with Crippen LogP contribution in [0.3, 0.4) is 0 Å². The maximum Gasteiger partial charge on any atom is 0.241 e. The maximum absolute atomic E-state index is 11.9. The van der Waals surface area contributed by atoms with Crippen molar-refractivity contribution in [3.63, 3.8) is 0 Å². The van der Waals surface area contributed by atoms with Gasteiger partial charge in [-0.25, -0.2) is 4.98 Å². The molecule has 1 unspecified atom stereocenters. The molecule has 2 aromatic rings. The molecule has 0 saturated heterocycles. The SMILES string of the molecule is CCCC(N)C(=O)Nc1ccc(Oc2ccc(C)c(C)c2)nc1.Cl. The van der Waals surface area contributed by atoms with Crippen LogP contribution in [-0.2, 0) is 4.79 Å². The van der Waals surface area contributed by atoms with Gasteiger partial charge in [-0.3, -0.25) is 4.79 Å². The first kappa shape index (κ1) is 19.9. The van der Waals surface area contributed by atoms with Crippen LogP contribution in [0.4, 0.5) is 5.69 Å². The topological polar surface area (TPSA) is 77.2 Å². The van der Waals surface area contributed by atoms with Gasteiger partial charge in [0.05, 0.1) is 17.9 Å². The summed E-state index contributed by atoms with van der Waals surface area (Å²) in [5, 5.41) is 2.75. The third-order valence-electron chi connectivity index (χ3n) is 3.64. The van der Waals surface area contributed by atoms with Crippen molar-refractivity contribution in [3.05, 3.63) is 47.7 Å². The second-order valence-electron chi connectivity index (χ2n) is 5.62. The number of carbonyl (C=O) groups is 1. The van der Waals surface area contributed by atoms with E-state index >= 15 is 0 Å². The fourth-order valence-electron chi connectivity index (χ4n) is 2.09. The molecule has 3 N–H and O–H groups in total. The Bertz CT molecular complexity index is 674. The average molecular weight is 350 g/mol. The fourth-order valence-corrected chi connectivity index (χ4v) is 2.09. The van der Waals surface area contributed by atoms with Crippen LogP contribution in [0, 0.1) is 13.8 Å². The van der Waals surface area contributed by atoms with E-state index in [1.54, 1.807) is 18.3 Å². The van der Waals surface area contributed by atoms with Crippen molar-refractivity contribution in [2.24, 2.45) is 5.73 Å². The van der Waals surface area contributed by atoms with Crippen LogP contribution < -0.4 is 15.8 Å². The summed E-state index contributed by atoms with van der Waals surface area (Å²) in [6, 6.07) is 8.86. The summed E-state index contributed by atoms with van der Waals surface area (Å²) in [5.41, 5.74) is 8.76. The number of nitrogens with one attached hydrogen (secondary N) is 1. The Morgan fingerprint density at radius 3 is 2.58 bits per heavy atom. The summed E-state index contributed by atoms with van der Waals surface area (Å²) in [6.07, 6.45) is 3.09. The lowest BCUT2D eigenvalue weighted by atomic mass is 10.1. The van der Waals surface area contributed by atoms with Gasteiger partial charge < -0.3 is 15.8 Å². The first-order valence-corrected chi connectivity index (χ1v) is 7.77. The number of amides is 1. The van der Waals surface area contributed by atoms with E-state index in [2.05, 4.69) is 17.2 Å². The van der Waals surface area contributed by atoms with Crippen LogP contribution in [0.1, 0.15) is 30.9 Å². The van der Waals surface area contributed by atoms with Gasteiger partial charge in [0, 0.05) is 6.07 Å². The predicted molar refractivity (Wildman–Crippen MR) is 99.0 cm³/mol. The number of nitrogens with zero attached hydrogens (tertiary/aromatic N) is 1.